The molecule has 0 aromatic heterocycles. The summed E-state index contributed by atoms with van der Waals surface area (Å²) in [5, 5.41) is 8.48. The maximum Gasteiger partial charge on any atom is 0.325 e. The van der Waals surface area contributed by atoms with Crippen LogP contribution in [0.4, 0.5) is 8.78 Å². The first-order chi connectivity index (χ1) is 6.43. The maximum atomic E-state index is 13.1. The van der Waals surface area contributed by atoms with Crippen molar-refractivity contribution in [3.63, 3.8) is 0 Å². The Morgan fingerprint density at radius 2 is 1.86 bits per heavy atom. The first kappa shape index (κ1) is 11.1. The number of hydrogen-bond donors (Lipinski definition) is 2. The highest BCUT2D eigenvalue weighted by Crippen LogP contribution is 2.23. The molecule has 0 fully saturated rings. The van der Waals surface area contributed by atoms with Gasteiger partial charge in [-0.2, -0.15) is 0 Å². The zero-order chi connectivity index (χ0) is 10.9. The van der Waals surface area contributed by atoms with Crippen molar-refractivity contribution in [3.05, 3.63) is 33.8 Å². The quantitative estimate of drug-likeness (QED) is 0.858. The van der Waals surface area contributed by atoms with E-state index in [1.165, 1.54) is 0 Å². The molecule has 0 aliphatic heterocycles. The molecule has 0 heterocycles. The van der Waals surface area contributed by atoms with E-state index in [0.29, 0.717) is 0 Å². The summed E-state index contributed by atoms with van der Waals surface area (Å²) in [7, 11) is 0. The smallest absolute Gasteiger partial charge is 0.325 e. The zero-order valence-electron chi connectivity index (χ0n) is 6.80. The van der Waals surface area contributed by atoms with Crippen molar-refractivity contribution in [2.45, 2.75) is 6.04 Å². The molecule has 1 aromatic carbocycles. The molecule has 0 aliphatic carbocycles. The van der Waals surface area contributed by atoms with Gasteiger partial charge in [-0.3, -0.25) is 4.79 Å². The minimum Gasteiger partial charge on any atom is -0.480 e. The number of halogens is 3. The van der Waals surface area contributed by atoms with Gasteiger partial charge in [-0.1, -0.05) is 15.9 Å². The fraction of sp³-hybridized carbons (Fsp3) is 0.125. The molecule has 3 N–H and O–H groups in total. The van der Waals surface area contributed by atoms with Crippen molar-refractivity contribution in [2.24, 2.45) is 5.73 Å². The topological polar surface area (TPSA) is 63.3 Å². The van der Waals surface area contributed by atoms with E-state index in [2.05, 4.69) is 15.9 Å². The number of aliphatic carboxylic acids is 1. The highest BCUT2D eigenvalue weighted by atomic mass is 79.9. The summed E-state index contributed by atoms with van der Waals surface area (Å²) in [6.07, 6.45) is 0. The first-order valence-electron chi connectivity index (χ1n) is 3.56. The maximum absolute atomic E-state index is 13.1. The normalized spacial score (nSPS) is 12.6. The van der Waals surface area contributed by atoms with Crippen molar-refractivity contribution in [1.29, 1.82) is 0 Å². The molecule has 0 spiro atoms. The molecule has 1 aromatic rings. The van der Waals surface area contributed by atoms with Crippen LogP contribution in [0.25, 0.3) is 0 Å². The molecule has 0 unspecified atom stereocenters. The number of carboxylic acids is 1. The summed E-state index contributed by atoms with van der Waals surface area (Å²) >= 11 is 2.87. The highest BCUT2D eigenvalue weighted by molar-refractivity contribution is 9.10. The van der Waals surface area contributed by atoms with E-state index >= 15 is 0 Å². The molecule has 0 bridgehead atoms. The van der Waals surface area contributed by atoms with Crippen molar-refractivity contribution in [3.8, 4) is 0 Å². The lowest BCUT2D eigenvalue weighted by atomic mass is 10.1. The summed E-state index contributed by atoms with van der Waals surface area (Å²) < 4.78 is 26.4. The Morgan fingerprint density at radius 3 is 2.21 bits per heavy atom. The fourth-order valence-electron chi connectivity index (χ4n) is 0.974. The van der Waals surface area contributed by atoms with Gasteiger partial charge in [0.2, 0.25) is 0 Å². The third kappa shape index (κ3) is 2.08. The van der Waals surface area contributed by atoms with Crippen molar-refractivity contribution >= 4 is 21.9 Å². The van der Waals surface area contributed by atoms with Crippen LogP contribution < -0.4 is 5.73 Å². The van der Waals surface area contributed by atoms with Gasteiger partial charge in [0, 0.05) is 4.47 Å². The Morgan fingerprint density at radius 1 is 1.43 bits per heavy atom. The van der Waals surface area contributed by atoms with Crippen LogP contribution >= 0.6 is 15.9 Å². The Kier molecular flexibility index (Phi) is 3.17. The van der Waals surface area contributed by atoms with Gasteiger partial charge in [0.1, 0.15) is 17.7 Å². The largest absolute Gasteiger partial charge is 0.480 e. The third-order valence-electron chi connectivity index (χ3n) is 1.62. The number of benzene rings is 1. The van der Waals surface area contributed by atoms with Gasteiger partial charge in [0.25, 0.3) is 0 Å². The Balaban J connectivity index is 3.27. The number of nitrogens with two attached hydrogens (primary N) is 1. The highest BCUT2D eigenvalue weighted by Gasteiger charge is 2.23. The van der Waals surface area contributed by atoms with Gasteiger partial charge in [0.15, 0.2) is 0 Å². The van der Waals surface area contributed by atoms with Gasteiger partial charge in [-0.25, -0.2) is 8.78 Å². The Labute approximate surface area is 86.7 Å². The van der Waals surface area contributed by atoms with Crippen molar-refractivity contribution < 1.29 is 18.7 Å². The van der Waals surface area contributed by atoms with E-state index in [4.69, 9.17) is 10.8 Å². The summed E-state index contributed by atoms with van der Waals surface area (Å²) in [5.74, 6) is -3.44. The van der Waals surface area contributed by atoms with Crippen LogP contribution in [-0.4, -0.2) is 11.1 Å². The molecule has 14 heavy (non-hydrogen) atoms. The van der Waals surface area contributed by atoms with E-state index in [9.17, 15) is 13.6 Å². The van der Waals surface area contributed by atoms with Crippen LogP contribution in [0.15, 0.2) is 16.6 Å². The zero-order valence-corrected chi connectivity index (χ0v) is 8.38. The van der Waals surface area contributed by atoms with E-state index in [-0.39, 0.29) is 4.47 Å². The van der Waals surface area contributed by atoms with Crippen molar-refractivity contribution in [2.75, 3.05) is 0 Å². The lowest BCUT2D eigenvalue weighted by Gasteiger charge is -2.09. The standard InChI is InChI=1S/C8H6BrF2NO2/c9-3-1-4(10)6(5(11)2-3)7(12)8(13)14/h1-2,7H,12H2,(H,13,14)/t7-/m0/s1. The third-order valence-corrected chi connectivity index (χ3v) is 2.08. The van der Waals surface area contributed by atoms with Gasteiger partial charge in [0.05, 0.1) is 5.56 Å². The summed E-state index contributed by atoms with van der Waals surface area (Å²) in [6, 6.07) is 0.228. The second-order valence-corrected chi connectivity index (χ2v) is 3.51. The number of hydrogen-bond acceptors (Lipinski definition) is 2. The fourth-order valence-corrected chi connectivity index (χ4v) is 1.38. The van der Waals surface area contributed by atoms with Crippen LogP contribution in [0.2, 0.25) is 0 Å². The second kappa shape index (κ2) is 4.02. The second-order valence-electron chi connectivity index (χ2n) is 2.60. The summed E-state index contributed by atoms with van der Waals surface area (Å²) in [6.45, 7) is 0. The van der Waals surface area contributed by atoms with Crippen molar-refractivity contribution in [1.82, 2.24) is 0 Å². The van der Waals surface area contributed by atoms with E-state index < -0.39 is 29.2 Å². The molecule has 1 rings (SSSR count). The lowest BCUT2D eigenvalue weighted by Crippen LogP contribution is -2.23. The molecule has 0 saturated heterocycles. The molecule has 0 saturated carbocycles. The van der Waals surface area contributed by atoms with Crippen LogP contribution in [0.5, 0.6) is 0 Å². The van der Waals surface area contributed by atoms with Gasteiger partial charge >= 0.3 is 5.97 Å². The predicted octanol–water partition coefficient (Wildman–Crippen LogP) is 1.81. The van der Waals surface area contributed by atoms with Crippen LogP contribution in [0.1, 0.15) is 11.6 Å². The lowest BCUT2D eigenvalue weighted by molar-refractivity contribution is -0.138. The average molecular weight is 266 g/mol. The average Bonchev–Trinajstić information content (AvgIpc) is 2.01. The molecule has 0 radical (unpaired) electrons. The SMILES string of the molecule is N[C@H](C(=O)O)c1c(F)cc(Br)cc1F. The van der Waals surface area contributed by atoms with Gasteiger partial charge < -0.3 is 10.8 Å². The van der Waals surface area contributed by atoms with E-state index in [1.807, 2.05) is 0 Å². The summed E-state index contributed by atoms with van der Waals surface area (Å²) in [5.41, 5.74) is 4.46. The number of carboxylic acid groups (broad SMARTS) is 1. The van der Waals surface area contributed by atoms with E-state index in [1.54, 1.807) is 0 Å². The number of rotatable bonds is 2. The molecule has 3 nitrogen and oxygen atoms in total. The Bertz CT molecular complexity index is 361. The molecule has 0 aliphatic rings. The van der Waals surface area contributed by atoms with Crippen LogP contribution in [0.3, 0.4) is 0 Å². The first-order valence-corrected chi connectivity index (χ1v) is 4.35. The Hall–Kier alpha value is -1.01. The number of carbonyl (C=O) groups is 1. The molecule has 0 amide bonds. The van der Waals surface area contributed by atoms with Gasteiger partial charge in [-0.05, 0) is 12.1 Å². The monoisotopic (exact) mass is 265 g/mol. The van der Waals surface area contributed by atoms with Crippen LogP contribution in [-0.2, 0) is 4.79 Å². The molecule has 76 valence electrons. The van der Waals surface area contributed by atoms with Crippen LogP contribution in [0, 0.1) is 11.6 Å². The molecule has 6 heteroatoms. The predicted molar refractivity (Wildman–Crippen MR) is 48.6 cm³/mol. The molecular weight excluding hydrogens is 260 g/mol. The minimum absolute atomic E-state index is 0.189. The summed E-state index contributed by atoms with van der Waals surface area (Å²) in [4.78, 5) is 10.4. The minimum atomic E-state index is -1.69. The van der Waals surface area contributed by atoms with Gasteiger partial charge in [-0.15, -0.1) is 0 Å². The molecular formula is C8H6BrF2NO2. The van der Waals surface area contributed by atoms with E-state index in [0.717, 1.165) is 12.1 Å². The molecule has 1 atom stereocenters.